The van der Waals surface area contributed by atoms with Crippen LogP contribution in [0.1, 0.15) is 31.4 Å². The van der Waals surface area contributed by atoms with E-state index in [1.807, 2.05) is 35.2 Å². The number of carbonyl (C=O) groups excluding carboxylic acids is 2. The lowest BCUT2D eigenvalue weighted by molar-refractivity contribution is -0.124. The topological polar surface area (TPSA) is 37.4 Å². The van der Waals surface area contributed by atoms with Crippen molar-refractivity contribution >= 4 is 12.1 Å². The van der Waals surface area contributed by atoms with Crippen molar-refractivity contribution in [3.05, 3.63) is 35.9 Å². The Hall–Kier alpha value is -1.48. The molecule has 3 heteroatoms. The molecule has 0 bridgehead atoms. The van der Waals surface area contributed by atoms with Crippen LogP contribution in [0.2, 0.25) is 0 Å². The summed E-state index contributed by atoms with van der Waals surface area (Å²) in [7, 11) is 0. The molecule has 1 fully saturated rings. The third-order valence-electron chi connectivity index (χ3n) is 3.33. The van der Waals surface area contributed by atoms with Gasteiger partial charge in [-0.2, -0.15) is 0 Å². The average Bonchev–Trinajstić information content (AvgIpc) is 2.78. The Morgan fingerprint density at radius 1 is 1.41 bits per heavy atom. The highest BCUT2D eigenvalue weighted by Crippen LogP contribution is 2.29. The van der Waals surface area contributed by atoms with Gasteiger partial charge in [0.15, 0.2) is 5.78 Å². The summed E-state index contributed by atoms with van der Waals surface area (Å²) in [4.78, 5) is 24.9. The molecule has 1 aliphatic heterocycles. The van der Waals surface area contributed by atoms with E-state index in [0.717, 1.165) is 31.2 Å². The molecular formula is C14H17NO2. The molecular weight excluding hydrogens is 214 g/mol. The molecule has 1 aromatic rings. The number of likely N-dealkylation sites (tertiary alicyclic amines) is 1. The van der Waals surface area contributed by atoms with E-state index in [4.69, 9.17) is 0 Å². The Bertz CT molecular complexity index is 402. The normalized spacial score (nSPS) is 22.3. The third kappa shape index (κ3) is 2.44. The second-order valence-electron chi connectivity index (χ2n) is 4.51. The fourth-order valence-corrected chi connectivity index (χ4v) is 2.58. The van der Waals surface area contributed by atoms with Crippen LogP contribution in [-0.4, -0.2) is 29.6 Å². The first-order valence-corrected chi connectivity index (χ1v) is 6.00. The monoisotopic (exact) mass is 231 g/mol. The maximum Gasteiger partial charge on any atom is 0.151 e. The third-order valence-corrected chi connectivity index (χ3v) is 3.33. The molecule has 0 amide bonds. The summed E-state index contributed by atoms with van der Waals surface area (Å²) in [6.07, 6.45) is 2.81. The first kappa shape index (κ1) is 12.0. The number of aldehydes is 1. The van der Waals surface area contributed by atoms with Crippen molar-refractivity contribution in [2.75, 3.05) is 6.54 Å². The Morgan fingerprint density at radius 3 is 2.71 bits per heavy atom. The molecule has 1 saturated heterocycles. The summed E-state index contributed by atoms with van der Waals surface area (Å²) < 4.78 is 0. The van der Waals surface area contributed by atoms with Gasteiger partial charge in [0.1, 0.15) is 6.29 Å². The zero-order valence-corrected chi connectivity index (χ0v) is 10.0. The Balaban J connectivity index is 2.30. The number of ketones is 1. The molecule has 0 saturated carbocycles. The van der Waals surface area contributed by atoms with Gasteiger partial charge in [-0.25, -0.2) is 0 Å². The minimum absolute atomic E-state index is 0.102. The van der Waals surface area contributed by atoms with Crippen molar-refractivity contribution in [3.63, 3.8) is 0 Å². The molecule has 2 unspecified atom stereocenters. The summed E-state index contributed by atoms with van der Waals surface area (Å²) in [6, 6.07) is 9.31. The zero-order chi connectivity index (χ0) is 12.3. The number of carbonyl (C=O) groups is 2. The standard InChI is InChI=1S/C14H17NO2/c1-11(17)14(12-6-3-2-4-7-12)15-9-5-8-13(15)10-16/h2-4,6-7,10,13-14H,5,8-9H2,1H3. The molecule has 2 atom stereocenters. The fraction of sp³-hybridized carbons (Fsp3) is 0.429. The van der Waals surface area contributed by atoms with E-state index in [0.29, 0.717) is 0 Å². The van der Waals surface area contributed by atoms with Crippen LogP contribution < -0.4 is 0 Å². The molecule has 1 aromatic carbocycles. The van der Waals surface area contributed by atoms with Crippen molar-refractivity contribution in [2.45, 2.75) is 31.8 Å². The average molecular weight is 231 g/mol. The molecule has 3 nitrogen and oxygen atoms in total. The maximum absolute atomic E-state index is 11.8. The van der Waals surface area contributed by atoms with Crippen LogP contribution in [-0.2, 0) is 9.59 Å². The molecule has 0 spiro atoms. The van der Waals surface area contributed by atoms with Crippen molar-refractivity contribution in [1.82, 2.24) is 4.90 Å². The molecule has 0 aliphatic carbocycles. The Kier molecular flexibility index (Phi) is 3.69. The highest BCUT2D eigenvalue weighted by molar-refractivity contribution is 5.83. The van der Waals surface area contributed by atoms with E-state index in [2.05, 4.69) is 0 Å². The predicted molar refractivity (Wildman–Crippen MR) is 65.7 cm³/mol. The van der Waals surface area contributed by atoms with Gasteiger partial charge >= 0.3 is 0 Å². The summed E-state index contributed by atoms with van der Waals surface area (Å²) in [5.74, 6) is 0.102. The quantitative estimate of drug-likeness (QED) is 0.744. The van der Waals surface area contributed by atoms with Gasteiger partial charge in [0.05, 0.1) is 12.1 Å². The van der Waals surface area contributed by atoms with Gasteiger partial charge in [0.25, 0.3) is 0 Å². The van der Waals surface area contributed by atoms with Crippen LogP contribution in [0.15, 0.2) is 30.3 Å². The van der Waals surface area contributed by atoms with Crippen LogP contribution in [0.25, 0.3) is 0 Å². The van der Waals surface area contributed by atoms with Gasteiger partial charge < -0.3 is 4.79 Å². The van der Waals surface area contributed by atoms with Gasteiger partial charge in [0.2, 0.25) is 0 Å². The molecule has 1 heterocycles. The summed E-state index contributed by atoms with van der Waals surface area (Å²) in [6.45, 7) is 2.42. The Labute approximate surface area is 101 Å². The number of Topliss-reactive ketones (excluding diaryl/α,β-unsaturated/α-hetero) is 1. The first-order valence-electron chi connectivity index (χ1n) is 6.00. The highest BCUT2D eigenvalue weighted by Gasteiger charge is 2.33. The maximum atomic E-state index is 11.8. The van der Waals surface area contributed by atoms with Crippen LogP contribution in [0, 0.1) is 0 Å². The number of hydrogen-bond donors (Lipinski definition) is 0. The minimum Gasteiger partial charge on any atom is -0.302 e. The van der Waals surface area contributed by atoms with Crippen LogP contribution in [0.4, 0.5) is 0 Å². The van der Waals surface area contributed by atoms with Gasteiger partial charge in [-0.3, -0.25) is 9.69 Å². The number of benzene rings is 1. The lowest BCUT2D eigenvalue weighted by Gasteiger charge is -2.29. The van der Waals surface area contributed by atoms with Crippen LogP contribution in [0.5, 0.6) is 0 Å². The summed E-state index contributed by atoms with van der Waals surface area (Å²) >= 11 is 0. The summed E-state index contributed by atoms with van der Waals surface area (Å²) in [5.41, 5.74) is 0.980. The van der Waals surface area contributed by atoms with Crippen molar-refractivity contribution < 1.29 is 9.59 Å². The molecule has 1 aliphatic rings. The van der Waals surface area contributed by atoms with E-state index >= 15 is 0 Å². The lowest BCUT2D eigenvalue weighted by atomic mass is 10.0. The number of hydrogen-bond acceptors (Lipinski definition) is 3. The summed E-state index contributed by atoms with van der Waals surface area (Å²) in [5, 5.41) is 0. The van der Waals surface area contributed by atoms with Crippen LogP contribution >= 0.6 is 0 Å². The SMILES string of the molecule is CC(=O)C(c1ccccc1)N1CCCC1C=O. The molecule has 0 aromatic heterocycles. The molecule has 0 radical (unpaired) electrons. The highest BCUT2D eigenvalue weighted by atomic mass is 16.1. The van der Waals surface area contributed by atoms with Crippen molar-refractivity contribution in [1.29, 1.82) is 0 Å². The van der Waals surface area contributed by atoms with E-state index < -0.39 is 0 Å². The lowest BCUT2D eigenvalue weighted by Crippen LogP contribution is -2.37. The first-order chi connectivity index (χ1) is 8.24. The van der Waals surface area contributed by atoms with Crippen LogP contribution in [0.3, 0.4) is 0 Å². The second kappa shape index (κ2) is 5.23. The largest absolute Gasteiger partial charge is 0.302 e. The fourth-order valence-electron chi connectivity index (χ4n) is 2.58. The smallest absolute Gasteiger partial charge is 0.151 e. The van der Waals surface area contributed by atoms with E-state index in [1.165, 1.54) is 0 Å². The Morgan fingerprint density at radius 2 is 2.12 bits per heavy atom. The van der Waals surface area contributed by atoms with Crippen molar-refractivity contribution in [2.24, 2.45) is 0 Å². The zero-order valence-electron chi connectivity index (χ0n) is 10.0. The van der Waals surface area contributed by atoms with Gasteiger partial charge in [-0.05, 0) is 31.9 Å². The molecule has 90 valence electrons. The van der Waals surface area contributed by atoms with Gasteiger partial charge in [-0.1, -0.05) is 30.3 Å². The van der Waals surface area contributed by atoms with Gasteiger partial charge in [0, 0.05) is 0 Å². The molecule has 2 rings (SSSR count). The minimum atomic E-state index is -0.270. The van der Waals surface area contributed by atoms with E-state index in [9.17, 15) is 9.59 Å². The molecule has 17 heavy (non-hydrogen) atoms. The van der Waals surface area contributed by atoms with E-state index in [1.54, 1.807) is 6.92 Å². The number of rotatable bonds is 4. The second-order valence-corrected chi connectivity index (χ2v) is 4.51. The molecule has 0 N–H and O–H groups in total. The number of nitrogens with zero attached hydrogens (tertiary/aromatic N) is 1. The predicted octanol–water partition coefficient (Wildman–Crippen LogP) is 1.98. The van der Waals surface area contributed by atoms with Gasteiger partial charge in [-0.15, -0.1) is 0 Å². The van der Waals surface area contributed by atoms with E-state index in [-0.39, 0.29) is 17.9 Å². The van der Waals surface area contributed by atoms with Crippen molar-refractivity contribution in [3.8, 4) is 0 Å².